The number of carbonyl (C=O) groups is 1. The van der Waals surface area contributed by atoms with Crippen molar-refractivity contribution >= 4 is 11.6 Å². The van der Waals surface area contributed by atoms with Gasteiger partial charge < -0.3 is 15.8 Å². The molecule has 0 saturated heterocycles. The highest BCUT2D eigenvalue weighted by Gasteiger charge is 2.26. The van der Waals surface area contributed by atoms with Gasteiger partial charge >= 0.3 is 0 Å². The molecule has 2 rings (SSSR count). The molecule has 2 atom stereocenters. The van der Waals surface area contributed by atoms with Crippen molar-refractivity contribution in [2.45, 2.75) is 45.6 Å². The molecule has 0 radical (unpaired) electrons. The molecule has 0 heterocycles. The summed E-state index contributed by atoms with van der Waals surface area (Å²) in [5.74, 6) is 1.07. The van der Waals surface area contributed by atoms with E-state index in [0.717, 1.165) is 36.3 Å². The van der Waals surface area contributed by atoms with Gasteiger partial charge in [0.05, 0.1) is 12.3 Å². The number of aryl methyl sites for hydroxylation is 1. The number of rotatable bonds is 5. The topological polar surface area (TPSA) is 64.3 Å². The molecule has 20 heavy (non-hydrogen) atoms. The van der Waals surface area contributed by atoms with Crippen LogP contribution in [0.1, 0.15) is 38.2 Å². The number of hydrogen-bond donors (Lipinski definition) is 2. The largest absolute Gasteiger partial charge is 0.492 e. The van der Waals surface area contributed by atoms with Crippen LogP contribution in [0.2, 0.25) is 0 Å². The Morgan fingerprint density at radius 1 is 1.45 bits per heavy atom. The Labute approximate surface area is 120 Å². The minimum Gasteiger partial charge on any atom is -0.492 e. The fraction of sp³-hybridized carbons (Fsp3) is 0.562. The molecule has 1 saturated carbocycles. The molecule has 4 heteroatoms. The maximum atomic E-state index is 12.1. The lowest BCUT2D eigenvalue weighted by atomic mass is 10.00. The summed E-state index contributed by atoms with van der Waals surface area (Å²) in [5.41, 5.74) is 7.87. The van der Waals surface area contributed by atoms with E-state index in [4.69, 9.17) is 10.5 Å². The molecule has 1 fully saturated rings. The number of benzene rings is 1. The molecule has 0 unspecified atom stereocenters. The standard InChI is InChI=1S/C16H24N2O2/c1-3-20-15-9-11(2)7-8-14(15)18-16(19)10-12-5-4-6-13(12)17/h7-9,12-13H,3-6,10,17H2,1-2H3,(H,18,19)/t12-,13+/m0/s1. The highest BCUT2D eigenvalue weighted by molar-refractivity contribution is 5.92. The second-order valence-corrected chi connectivity index (χ2v) is 5.54. The summed E-state index contributed by atoms with van der Waals surface area (Å²) in [6, 6.07) is 5.98. The van der Waals surface area contributed by atoms with Crippen LogP contribution in [0.15, 0.2) is 18.2 Å². The monoisotopic (exact) mass is 276 g/mol. The van der Waals surface area contributed by atoms with Crippen LogP contribution in [0, 0.1) is 12.8 Å². The average Bonchev–Trinajstić information content (AvgIpc) is 2.79. The van der Waals surface area contributed by atoms with Crippen molar-refractivity contribution < 1.29 is 9.53 Å². The summed E-state index contributed by atoms with van der Waals surface area (Å²) in [6.45, 7) is 4.52. The Morgan fingerprint density at radius 2 is 2.25 bits per heavy atom. The predicted molar refractivity (Wildman–Crippen MR) is 80.9 cm³/mol. The second kappa shape index (κ2) is 6.75. The van der Waals surface area contributed by atoms with Crippen LogP contribution in [-0.2, 0) is 4.79 Å². The van der Waals surface area contributed by atoms with Gasteiger partial charge in [0.1, 0.15) is 5.75 Å². The van der Waals surface area contributed by atoms with Crippen molar-refractivity contribution in [2.75, 3.05) is 11.9 Å². The van der Waals surface area contributed by atoms with Gasteiger partial charge in [0.15, 0.2) is 0 Å². The lowest BCUT2D eigenvalue weighted by molar-refractivity contribution is -0.117. The number of carbonyl (C=O) groups excluding carboxylic acids is 1. The van der Waals surface area contributed by atoms with E-state index in [1.807, 2.05) is 32.0 Å². The quantitative estimate of drug-likeness (QED) is 0.869. The molecule has 1 aliphatic rings. The van der Waals surface area contributed by atoms with Crippen LogP contribution in [-0.4, -0.2) is 18.6 Å². The lowest BCUT2D eigenvalue weighted by Gasteiger charge is -2.16. The third kappa shape index (κ3) is 3.73. The van der Waals surface area contributed by atoms with E-state index in [1.54, 1.807) is 0 Å². The fourth-order valence-electron chi connectivity index (χ4n) is 2.77. The summed E-state index contributed by atoms with van der Waals surface area (Å²) in [6.07, 6.45) is 3.72. The maximum absolute atomic E-state index is 12.1. The molecule has 3 N–H and O–H groups in total. The van der Waals surface area contributed by atoms with Crippen molar-refractivity contribution in [1.29, 1.82) is 0 Å². The van der Waals surface area contributed by atoms with Gasteiger partial charge in [0, 0.05) is 12.5 Å². The van der Waals surface area contributed by atoms with Crippen LogP contribution in [0.4, 0.5) is 5.69 Å². The summed E-state index contributed by atoms with van der Waals surface area (Å²) in [4.78, 5) is 12.1. The van der Waals surface area contributed by atoms with Crippen LogP contribution in [0.5, 0.6) is 5.75 Å². The minimum absolute atomic E-state index is 0.0251. The van der Waals surface area contributed by atoms with E-state index in [0.29, 0.717) is 18.9 Å². The molecule has 1 aliphatic carbocycles. The van der Waals surface area contributed by atoms with E-state index in [-0.39, 0.29) is 11.9 Å². The molecule has 0 aromatic heterocycles. The predicted octanol–water partition coefficient (Wildman–Crippen LogP) is 2.85. The van der Waals surface area contributed by atoms with Crippen molar-refractivity contribution in [1.82, 2.24) is 0 Å². The summed E-state index contributed by atoms with van der Waals surface area (Å²) in [7, 11) is 0. The number of amides is 1. The molecule has 0 spiro atoms. The van der Waals surface area contributed by atoms with E-state index in [2.05, 4.69) is 5.32 Å². The lowest BCUT2D eigenvalue weighted by Crippen LogP contribution is -2.28. The van der Waals surface area contributed by atoms with Gasteiger partial charge in [-0.1, -0.05) is 12.5 Å². The molecule has 1 aromatic carbocycles. The van der Waals surface area contributed by atoms with E-state index < -0.39 is 0 Å². The Balaban J connectivity index is 2.00. The van der Waals surface area contributed by atoms with Crippen molar-refractivity contribution in [3.05, 3.63) is 23.8 Å². The van der Waals surface area contributed by atoms with Crippen molar-refractivity contribution in [3.63, 3.8) is 0 Å². The molecular formula is C16H24N2O2. The third-order valence-electron chi connectivity index (χ3n) is 3.88. The van der Waals surface area contributed by atoms with Gasteiger partial charge in [-0.25, -0.2) is 0 Å². The number of hydrogen-bond acceptors (Lipinski definition) is 3. The molecule has 110 valence electrons. The molecule has 0 bridgehead atoms. The Hall–Kier alpha value is -1.55. The van der Waals surface area contributed by atoms with E-state index in [9.17, 15) is 4.79 Å². The Bertz CT molecular complexity index is 474. The zero-order chi connectivity index (χ0) is 14.5. The zero-order valence-corrected chi connectivity index (χ0v) is 12.3. The minimum atomic E-state index is 0.0251. The van der Waals surface area contributed by atoms with Crippen molar-refractivity contribution in [2.24, 2.45) is 11.7 Å². The number of ether oxygens (including phenoxy) is 1. The normalized spacial score (nSPS) is 21.8. The highest BCUT2D eigenvalue weighted by atomic mass is 16.5. The van der Waals surface area contributed by atoms with Gasteiger partial charge in [-0.15, -0.1) is 0 Å². The third-order valence-corrected chi connectivity index (χ3v) is 3.88. The first-order valence-electron chi connectivity index (χ1n) is 7.39. The van der Waals surface area contributed by atoms with Gasteiger partial charge in [-0.05, 0) is 50.3 Å². The van der Waals surface area contributed by atoms with Crippen molar-refractivity contribution in [3.8, 4) is 5.75 Å². The second-order valence-electron chi connectivity index (χ2n) is 5.54. The number of anilines is 1. The van der Waals surface area contributed by atoms with Crippen LogP contribution in [0.25, 0.3) is 0 Å². The van der Waals surface area contributed by atoms with Crippen LogP contribution >= 0.6 is 0 Å². The van der Waals surface area contributed by atoms with E-state index >= 15 is 0 Å². The number of nitrogens with one attached hydrogen (secondary N) is 1. The van der Waals surface area contributed by atoms with Gasteiger partial charge in [0.2, 0.25) is 5.91 Å². The molecule has 0 aliphatic heterocycles. The summed E-state index contributed by atoms with van der Waals surface area (Å²) < 4.78 is 5.57. The van der Waals surface area contributed by atoms with Crippen LogP contribution < -0.4 is 15.8 Å². The maximum Gasteiger partial charge on any atom is 0.224 e. The summed E-state index contributed by atoms with van der Waals surface area (Å²) in [5, 5.41) is 2.95. The molecule has 1 aromatic rings. The first-order chi connectivity index (χ1) is 9.60. The highest BCUT2D eigenvalue weighted by Crippen LogP contribution is 2.29. The average molecular weight is 276 g/mol. The first-order valence-corrected chi connectivity index (χ1v) is 7.39. The van der Waals surface area contributed by atoms with Gasteiger partial charge in [-0.3, -0.25) is 4.79 Å². The Kier molecular flexibility index (Phi) is 5.01. The van der Waals surface area contributed by atoms with Crippen LogP contribution in [0.3, 0.4) is 0 Å². The van der Waals surface area contributed by atoms with E-state index in [1.165, 1.54) is 0 Å². The smallest absolute Gasteiger partial charge is 0.224 e. The first kappa shape index (κ1) is 14.9. The Morgan fingerprint density at radius 3 is 2.90 bits per heavy atom. The fourth-order valence-corrected chi connectivity index (χ4v) is 2.77. The molecular weight excluding hydrogens is 252 g/mol. The van der Waals surface area contributed by atoms with Gasteiger partial charge in [-0.2, -0.15) is 0 Å². The number of nitrogens with two attached hydrogens (primary N) is 1. The van der Waals surface area contributed by atoms with Gasteiger partial charge in [0.25, 0.3) is 0 Å². The molecule has 4 nitrogen and oxygen atoms in total. The zero-order valence-electron chi connectivity index (χ0n) is 12.3. The molecule has 1 amide bonds. The summed E-state index contributed by atoms with van der Waals surface area (Å²) >= 11 is 0. The SMILES string of the molecule is CCOc1cc(C)ccc1NC(=O)C[C@@H]1CCC[C@H]1N.